The predicted molar refractivity (Wildman–Crippen MR) is 73.6 cm³/mol. The lowest BCUT2D eigenvalue weighted by atomic mass is 9.80. The van der Waals surface area contributed by atoms with Crippen LogP contribution in [0.25, 0.3) is 5.65 Å². The predicted octanol–water partition coefficient (Wildman–Crippen LogP) is 0.562. The Morgan fingerprint density at radius 2 is 2.15 bits per heavy atom. The summed E-state index contributed by atoms with van der Waals surface area (Å²) in [5.41, 5.74) is 5.94. The molecule has 0 bridgehead atoms. The van der Waals surface area contributed by atoms with E-state index in [9.17, 15) is 4.79 Å². The zero-order valence-electron chi connectivity index (χ0n) is 11.3. The molecule has 1 fully saturated rings. The first-order valence-electron chi connectivity index (χ1n) is 7.05. The van der Waals surface area contributed by atoms with Crippen LogP contribution in [0.5, 0.6) is 5.88 Å². The fourth-order valence-electron chi connectivity index (χ4n) is 2.87. The van der Waals surface area contributed by atoms with E-state index in [0.717, 1.165) is 6.42 Å². The number of ether oxygens (including phenoxy) is 1. The summed E-state index contributed by atoms with van der Waals surface area (Å²) in [4.78, 5) is 11.4. The van der Waals surface area contributed by atoms with Gasteiger partial charge < -0.3 is 10.5 Å². The van der Waals surface area contributed by atoms with E-state index in [2.05, 4.69) is 15.3 Å². The van der Waals surface area contributed by atoms with E-state index in [0.29, 0.717) is 36.5 Å². The molecule has 2 unspecified atom stereocenters. The molecule has 3 rings (SSSR count). The van der Waals surface area contributed by atoms with Gasteiger partial charge in [-0.25, -0.2) is 9.89 Å². The quantitative estimate of drug-likeness (QED) is 0.851. The summed E-state index contributed by atoms with van der Waals surface area (Å²) in [6.07, 6.45) is 4.82. The molecule has 20 heavy (non-hydrogen) atoms. The molecule has 2 atom stereocenters. The second kappa shape index (κ2) is 5.62. The van der Waals surface area contributed by atoms with E-state index in [1.54, 1.807) is 12.1 Å². The summed E-state index contributed by atoms with van der Waals surface area (Å²) in [7, 11) is 0. The van der Waals surface area contributed by atoms with Crippen LogP contribution in [-0.4, -0.2) is 33.0 Å². The standard InChI is InChI=1S/C13H19N5O2/c14-7-9-3-1-2-4-10(9)8-20-12-6-5-11-15-16-13(19)18(11)17-12/h5-6,9-10H,1-4,7-8,14H2,(H,16,19). The van der Waals surface area contributed by atoms with Crippen molar-refractivity contribution in [2.45, 2.75) is 25.7 Å². The smallest absolute Gasteiger partial charge is 0.364 e. The molecular formula is C13H19N5O2. The van der Waals surface area contributed by atoms with E-state index in [4.69, 9.17) is 10.5 Å². The van der Waals surface area contributed by atoms with E-state index in [-0.39, 0.29) is 5.69 Å². The third kappa shape index (κ3) is 2.53. The van der Waals surface area contributed by atoms with Crippen LogP contribution in [0.4, 0.5) is 0 Å². The normalized spacial score (nSPS) is 23.1. The molecule has 0 aliphatic heterocycles. The van der Waals surface area contributed by atoms with Crippen LogP contribution >= 0.6 is 0 Å². The molecule has 2 aromatic rings. The van der Waals surface area contributed by atoms with Gasteiger partial charge in [-0.3, -0.25) is 0 Å². The second-order valence-corrected chi connectivity index (χ2v) is 5.32. The highest BCUT2D eigenvalue weighted by atomic mass is 16.5. The van der Waals surface area contributed by atoms with Crippen molar-refractivity contribution in [1.29, 1.82) is 0 Å². The molecule has 0 radical (unpaired) electrons. The summed E-state index contributed by atoms with van der Waals surface area (Å²) >= 11 is 0. The molecule has 108 valence electrons. The van der Waals surface area contributed by atoms with Gasteiger partial charge in [0.15, 0.2) is 5.65 Å². The Morgan fingerprint density at radius 3 is 2.95 bits per heavy atom. The van der Waals surface area contributed by atoms with Gasteiger partial charge in [-0.15, -0.1) is 5.10 Å². The van der Waals surface area contributed by atoms with Crippen molar-refractivity contribution in [3.63, 3.8) is 0 Å². The minimum absolute atomic E-state index is 0.358. The van der Waals surface area contributed by atoms with Crippen LogP contribution in [0.15, 0.2) is 16.9 Å². The number of hydrogen-bond donors (Lipinski definition) is 2. The van der Waals surface area contributed by atoms with Crippen molar-refractivity contribution in [3.8, 4) is 5.88 Å². The average Bonchev–Trinajstić information content (AvgIpc) is 2.86. The van der Waals surface area contributed by atoms with Gasteiger partial charge in [0.05, 0.1) is 6.61 Å². The van der Waals surface area contributed by atoms with E-state index in [1.165, 1.54) is 23.8 Å². The molecule has 2 aromatic heterocycles. The zero-order chi connectivity index (χ0) is 13.9. The largest absolute Gasteiger partial charge is 0.476 e. The Kier molecular flexibility index (Phi) is 3.68. The topological polar surface area (TPSA) is 98.3 Å². The van der Waals surface area contributed by atoms with Crippen LogP contribution < -0.4 is 16.2 Å². The monoisotopic (exact) mass is 277 g/mol. The van der Waals surface area contributed by atoms with Crippen LogP contribution in [0.2, 0.25) is 0 Å². The number of H-pyrrole nitrogens is 1. The lowest BCUT2D eigenvalue weighted by molar-refractivity contribution is 0.148. The van der Waals surface area contributed by atoms with Gasteiger partial charge in [0, 0.05) is 6.07 Å². The maximum Gasteiger partial charge on any atom is 0.364 e. The van der Waals surface area contributed by atoms with Gasteiger partial charge in [-0.05, 0) is 37.3 Å². The van der Waals surface area contributed by atoms with Crippen LogP contribution in [-0.2, 0) is 0 Å². The lowest BCUT2D eigenvalue weighted by Gasteiger charge is -2.30. The Morgan fingerprint density at radius 1 is 1.35 bits per heavy atom. The number of fused-ring (bicyclic) bond motifs is 1. The third-order valence-corrected chi connectivity index (χ3v) is 4.06. The fourth-order valence-corrected chi connectivity index (χ4v) is 2.87. The summed E-state index contributed by atoms with van der Waals surface area (Å²) in [6.45, 7) is 1.31. The first-order valence-corrected chi connectivity index (χ1v) is 7.05. The van der Waals surface area contributed by atoms with Crippen molar-refractivity contribution in [3.05, 3.63) is 22.6 Å². The highest BCUT2D eigenvalue weighted by Gasteiger charge is 2.24. The Labute approximate surface area is 116 Å². The molecule has 0 amide bonds. The van der Waals surface area contributed by atoms with Crippen molar-refractivity contribution in [2.24, 2.45) is 17.6 Å². The van der Waals surface area contributed by atoms with E-state index < -0.39 is 0 Å². The molecular weight excluding hydrogens is 258 g/mol. The number of nitrogens with two attached hydrogens (primary N) is 1. The SMILES string of the molecule is NCC1CCCCC1COc1ccc2n[nH]c(=O)n2n1. The van der Waals surface area contributed by atoms with Gasteiger partial charge in [-0.1, -0.05) is 12.8 Å². The summed E-state index contributed by atoms with van der Waals surface area (Å²) < 4.78 is 6.95. The molecule has 1 saturated carbocycles. The minimum atomic E-state index is -0.358. The molecule has 0 spiro atoms. The highest BCUT2D eigenvalue weighted by molar-refractivity contribution is 5.35. The van der Waals surface area contributed by atoms with Crippen LogP contribution in [0.1, 0.15) is 25.7 Å². The maximum atomic E-state index is 11.4. The van der Waals surface area contributed by atoms with Crippen molar-refractivity contribution >= 4 is 5.65 Å². The molecule has 0 saturated heterocycles. The Bertz CT molecular complexity index is 635. The van der Waals surface area contributed by atoms with Crippen molar-refractivity contribution in [1.82, 2.24) is 19.8 Å². The zero-order valence-corrected chi connectivity index (χ0v) is 11.3. The number of nitrogens with zero attached hydrogens (tertiary/aromatic N) is 3. The van der Waals surface area contributed by atoms with Gasteiger partial charge in [0.1, 0.15) is 0 Å². The molecule has 3 N–H and O–H groups in total. The second-order valence-electron chi connectivity index (χ2n) is 5.32. The number of nitrogens with one attached hydrogen (secondary N) is 1. The lowest BCUT2D eigenvalue weighted by Crippen LogP contribution is -2.31. The highest BCUT2D eigenvalue weighted by Crippen LogP contribution is 2.29. The molecule has 2 heterocycles. The van der Waals surface area contributed by atoms with Gasteiger partial charge >= 0.3 is 5.69 Å². The summed E-state index contributed by atoms with van der Waals surface area (Å²) in [5, 5.41) is 10.3. The number of rotatable bonds is 4. The fraction of sp³-hybridized carbons (Fsp3) is 0.615. The first kappa shape index (κ1) is 13.1. The molecule has 7 heteroatoms. The Hall–Kier alpha value is -1.89. The Balaban J connectivity index is 1.69. The van der Waals surface area contributed by atoms with Gasteiger partial charge in [0.25, 0.3) is 0 Å². The molecule has 1 aliphatic rings. The van der Waals surface area contributed by atoms with Gasteiger partial charge in [0.2, 0.25) is 5.88 Å². The van der Waals surface area contributed by atoms with Crippen molar-refractivity contribution < 1.29 is 4.74 Å². The first-order chi connectivity index (χ1) is 9.78. The number of aromatic nitrogens is 4. The summed E-state index contributed by atoms with van der Waals surface area (Å²) in [5.74, 6) is 1.46. The van der Waals surface area contributed by atoms with E-state index >= 15 is 0 Å². The summed E-state index contributed by atoms with van der Waals surface area (Å²) in [6, 6.07) is 3.44. The maximum absolute atomic E-state index is 11.4. The number of hydrogen-bond acceptors (Lipinski definition) is 5. The molecule has 7 nitrogen and oxygen atoms in total. The average molecular weight is 277 g/mol. The number of aromatic amines is 1. The van der Waals surface area contributed by atoms with Crippen LogP contribution in [0.3, 0.4) is 0 Å². The molecule has 0 aromatic carbocycles. The van der Waals surface area contributed by atoms with Crippen LogP contribution in [0, 0.1) is 11.8 Å². The third-order valence-electron chi connectivity index (χ3n) is 4.06. The minimum Gasteiger partial charge on any atom is -0.476 e. The van der Waals surface area contributed by atoms with E-state index in [1.807, 2.05) is 0 Å². The molecule has 1 aliphatic carbocycles. The van der Waals surface area contributed by atoms with Crippen molar-refractivity contribution in [2.75, 3.05) is 13.2 Å². The van der Waals surface area contributed by atoms with Gasteiger partial charge in [-0.2, -0.15) is 9.61 Å².